The average Bonchev–Trinajstić information content (AvgIpc) is 2.50. The molecule has 0 aliphatic carbocycles. The second kappa shape index (κ2) is 11.7. The van der Waals surface area contributed by atoms with Gasteiger partial charge in [0.1, 0.15) is 0 Å². The summed E-state index contributed by atoms with van der Waals surface area (Å²) in [5.41, 5.74) is 1.47. The Hall–Kier alpha value is -0.0400. The van der Waals surface area contributed by atoms with E-state index in [1.807, 2.05) is 13.8 Å². The van der Waals surface area contributed by atoms with Crippen LogP contribution in [0.4, 0.5) is 0 Å². The minimum Gasteiger partial charge on any atom is -0.345 e. The smallest absolute Gasteiger partial charge is 0.158 e. The van der Waals surface area contributed by atoms with Crippen molar-refractivity contribution in [3.05, 3.63) is 29.8 Å². The van der Waals surface area contributed by atoms with Gasteiger partial charge in [0.25, 0.3) is 0 Å². The minimum atomic E-state index is -0.623. The van der Waals surface area contributed by atoms with E-state index < -0.39 is 7.92 Å². The molecule has 0 amide bonds. The van der Waals surface area contributed by atoms with Gasteiger partial charge in [0, 0.05) is 0 Å². The molecule has 0 spiro atoms. The number of hydrogen-bond acceptors (Lipinski definition) is 3. The number of rotatable bonds is 3. The first-order valence-electron chi connectivity index (χ1n) is 10.4. The molecular formula is C25H48O3P2. The summed E-state index contributed by atoms with van der Waals surface area (Å²) in [4.78, 5) is 0. The summed E-state index contributed by atoms with van der Waals surface area (Å²) in [5, 5.41) is 2.03. The Morgan fingerprint density at radius 3 is 1.63 bits per heavy atom. The highest BCUT2D eigenvalue weighted by Gasteiger charge is 2.37. The molecule has 2 rings (SSSR count). The molecule has 3 nitrogen and oxygen atoms in total. The van der Waals surface area contributed by atoms with Gasteiger partial charge in [-0.1, -0.05) is 88.6 Å². The zero-order chi connectivity index (χ0) is 21.3. The molecule has 0 aromatic heterocycles. The van der Waals surface area contributed by atoms with Crippen LogP contribution in [0.1, 0.15) is 89.7 Å². The molecular weight excluding hydrogens is 410 g/mol. The zero-order valence-corrected chi connectivity index (χ0v) is 21.2. The predicted octanol–water partition coefficient (Wildman–Crippen LogP) is 8.09. The highest BCUT2D eigenvalue weighted by molar-refractivity contribution is 7.67. The van der Waals surface area contributed by atoms with Gasteiger partial charge in [-0.25, -0.2) is 0 Å². The van der Waals surface area contributed by atoms with E-state index in [9.17, 15) is 0 Å². The van der Waals surface area contributed by atoms with Crippen molar-refractivity contribution in [2.45, 2.75) is 125 Å². The Labute approximate surface area is 190 Å². The monoisotopic (exact) mass is 458 g/mol. The molecule has 30 heavy (non-hydrogen) atoms. The van der Waals surface area contributed by atoms with Gasteiger partial charge in [-0.3, -0.25) is 0 Å². The van der Waals surface area contributed by atoms with Crippen molar-refractivity contribution >= 4 is 21.1 Å². The summed E-state index contributed by atoms with van der Waals surface area (Å²) in [6, 6.07) is 8.98. The fourth-order valence-corrected chi connectivity index (χ4v) is 10.7. The first kappa shape index (κ1) is 30.0. The largest absolute Gasteiger partial charge is 0.345 e. The van der Waals surface area contributed by atoms with Crippen LogP contribution in [0.25, 0.3) is 0 Å². The molecule has 1 fully saturated rings. The molecule has 0 bridgehead atoms. The Balaban J connectivity index is 0.00000420. The SMILES string of the molecule is C.C.CC1OC(C)OC(C)P(c2ccccc2CP(C(C)(C)C)C(C)(C)C)C(C)O1. The molecule has 1 aliphatic rings. The fraction of sp³-hybridized carbons (Fsp3) is 0.760. The molecule has 1 aliphatic heterocycles. The molecule has 4 unspecified atom stereocenters. The lowest BCUT2D eigenvalue weighted by Crippen LogP contribution is -2.36. The van der Waals surface area contributed by atoms with E-state index in [-0.39, 0.29) is 47.0 Å². The van der Waals surface area contributed by atoms with E-state index in [0.717, 1.165) is 6.16 Å². The molecule has 176 valence electrons. The maximum atomic E-state index is 6.23. The van der Waals surface area contributed by atoms with Crippen molar-refractivity contribution in [2.24, 2.45) is 0 Å². The second-order valence-corrected chi connectivity index (χ2v) is 16.3. The van der Waals surface area contributed by atoms with Crippen LogP contribution in [0.15, 0.2) is 24.3 Å². The van der Waals surface area contributed by atoms with Crippen molar-refractivity contribution in [1.29, 1.82) is 0 Å². The van der Waals surface area contributed by atoms with Crippen LogP contribution in [0.3, 0.4) is 0 Å². The normalized spacial score (nSPS) is 28.2. The Kier molecular flexibility index (Phi) is 11.7. The molecule has 0 radical (unpaired) electrons. The lowest BCUT2D eigenvalue weighted by Gasteiger charge is -2.43. The third kappa shape index (κ3) is 7.83. The highest BCUT2D eigenvalue weighted by Crippen LogP contribution is 2.62. The van der Waals surface area contributed by atoms with Gasteiger partial charge < -0.3 is 14.2 Å². The molecule has 1 aromatic carbocycles. The molecule has 1 aromatic rings. The van der Waals surface area contributed by atoms with Crippen LogP contribution < -0.4 is 5.30 Å². The standard InChI is InChI=1S/C23H40O3P2.2CH4/c1-16-24-17(2)26-19(4)28(18(3)25-16)21-14-12-11-13-20(21)15-27(22(5,6)7)23(8,9)10;;/h11-14,16-19H,15H2,1-10H3;2*1H4. The van der Waals surface area contributed by atoms with Gasteiger partial charge in [0.2, 0.25) is 0 Å². The summed E-state index contributed by atoms with van der Waals surface area (Å²) in [6.07, 6.45) is 0.630. The predicted molar refractivity (Wildman–Crippen MR) is 138 cm³/mol. The van der Waals surface area contributed by atoms with Crippen molar-refractivity contribution in [3.63, 3.8) is 0 Å². The van der Waals surface area contributed by atoms with Crippen LogP contribution in [0, 0.1) is 0 Å². The Bertz CT molecular complexity index is 606. The van der Waals surface area contributed by atoms with E-state index in [2.05, 4.69) is 79.7 Å². The number of hydrogen-bond donors (Lipinski definition) is 0. The second-order valence-electron chi connectivity index (χ2n) is 9.71. The van der Waals surface area contributed by atoms with Gasteiger partial charge in [-0.2, -0.15) is 0 Å². The zero-order valence-electron chi connectivity index (χ0n) is 19.4. The van der Waals surface area contributed by atoms with Crippen LogP contribution in [0.5, 0.6) is 0 Å². The summed E-state index contributed by atoms with van der Waals surface area (Å²) in [6.45, 7) is 22.6. The van der Waals surface area contributed by atoms with E-state index in [0.29, 0.717) is 10.3 Å². The molecule has 4 atom stereocenters. The van der Waals surface area contributed by atoms with Gasteiger partial charge >= 0.3 is 0 Å². The van der Waals surface area contributed by atoms with Gasteiger partial charge in [0.05, 0.1) is 11.7 Å². The number of benzene rings is 1. The maximum absolute atomic E-state index is 6.23. The lowest BCUT2D eigenvalue weighted by molar-refractivity contribution is -0.244. The Morgan fingerprint density at radius 2 is 1.20 bits per heavy atom. The van der Waals surface area contributed by atoms with Crippen molar-refractivity contribution < 1.29 is 14.2 Å². The third-order valence-electron chi connectivity index (χ3n) is 5.16. The molecule has 0 saturated carbocycles. The summed E-state index contributed by atoms with van der Waals surface area (Å²) in [5.74, 6) is 0.174. The van der Waals surface area contributed by atoms with E-state index in [1.165, 1.54) is 10.9 Å². The Morgan fingerprint density at radius 1 is 0.767 bits per heavy atom. The van der Waals surface area contributed by atoms with Gasteiger partial charge in [-0.15, -0.1) is 0 Å². The first-order chi connectivity index (χ1) is 12.8. The van der Waals surface area contributed by atoms with Crippen LogP contribution in [-0.2, 0) is 20.4 Å². The third-order valence-corrected chi connectivity index (χ3v) is 11.9. The number of ether oxygens (including phenoxy) is 3. The molecule has 5 heteroatoms. The topological polar surface area (TPSA) is 27.7 Å². The summed E-state index contributed by atoms with van der Waals surface area (Å²) >= 11 is 0. The van der Waals surface area contributed by atoms with Crippen LogP contribution >= 0.6 is 15.8 Å². The van der Waals surface area contributed by atoms with Gasteiger partial charge in [0.15, 0.2) is 12.6 Å². The van der Waals surface area contributed by atoms with Crippen LogP contribution in [0.2, 0.25) is 0 Å². The van der Waals surface area contributed by atoms with E-state index >= 15 is 0 Å². The van der Waals surface area contributed by atoms with E-state index in [1.54, 1.807) is 0 Å². The first-order valence-corrected chi connectivity index (χ1v) is 13.4. The van der Waals surface area contributed by atoms with Crippen molar-refractivity contribution in [1.82, 2.24) is 0 Å². The molecule has 0 N–H and O–H groups in total. The maximum Gasteiger partial charge on any atom is 0.158 e. The summed E-state index contributed by atoms with van der Waals surface area (Å²) < 4.78 is 18.2. The van der Waals surface area contributed by atoms with E-state index in [4.69, 9.17) is 14.2 Å². The highest BCUT2D eigenvalue weighted by atomic mass is 31.1. The summed E-state index contributed by atoms with van der Waals surface area (Å²) in [7, 11) is -0.834. The molecule has 1 heterocycles. The fourth-order valence-electron chi connectivity index (χ4n) is 4.25. The molecule has 1 saturated heterocycles. The van der Waals surface area contributed by atoms with Crippen molar-refractivity contribution in [2.75, 3.05) is 0 Å². The van der Waals surface area contributed by atoms with Crippen LogP contribution in [-0.4, -0.2) is 34.6 Å². The average molecular weight is 459 g/mol. The lowest BCUT2D eigenvalue weighted by atomic mass is 10.2. The van der Waals surface area contributed by atoms with Crippen molar-refractivity contribution in [3.8, 4) is 0 Å². The minimum absolute atomic E-state index is 0. The van der Waals surface area contributed by atoms with Gasteiger partial charge in [-0.05, 0) is 63.0 Å². The quantitative estimate of drug-likeness (QED) is 0.428.